The molecule has 2 heterocycles. The second-order valence-electron chi connectivity index (χ2n) is 13.2. The maximum absolute atomic E-state index is 6.31. The van der Waals surface area contributed by atoms with Gasteiger partial charge in [0.1, 0.15) is 0 Å². The maximum atomic E-state index is 6.31. The molecule has 5 aromatic rings. The summed E-state index contributed by atoms with van der Waals surface area (Å²) < 4.78 is 14.6. The third kappa shape index (κ3) is 6.70. The number of hydrogen-bond donors (Lipinski definition) is 1. The minimum atomic E-state index is -0.663. The van der Waals surface area contributed by atoms with E-state index >= 15 is 0 Å². The Morgan fingerprint density at radius 2 is 1.17 bits per heavy atom. The Morgan fingerprint density at radius 1 is 0.696 bits per heavy atom. The summed E-state index contributed by atoms with van der Waals surface area (Å²) in [4.78, 5) is 0. The zero-order valence-corrected chi connectivity index (χ0v) is 27.3. The molecule has 0 spiro atoms. The van der Waals surface area contributed by atoms with Gasteiger partial charge in [-0.25, -0.2) is 4.68 Å². The molecule has 236 valence electrons. The summed E-state index contributed by atoms with van der Waals surface area (Å²) in [7, 11) is -0.211. The van der Waals surface area contributed by atoms with Crippen LogP contribution in [0.15, 0.2) is 121 Å². The fraction of sp³-hybridized carbons (Fsp3) is 0.342. The highest BCUT2D eigenvalue weighted by Crippen LogP contribution is 2.41. The fourth-order valence-corrected chi connectivity index (χ4v) is 6.41. The molecular formula is C38H44BN5O2. The Bertz CT molecular complexity index is 1550. The molecule has 0 saturated carbocycles. The van der Waals surface area contributed by atoms with E-state index in [1.54, 1.807) is 0 Å². The van der Waals surface area contributed by atoms with Crippen molar-refractivity contribution in [2.75, 3.05) is 0 Å². The molecule has 46 heavy (non-hydrogen) atoms. The lowest BCUT2D eigenvalue weighted by molar-refractivity contribution is 0.00578. The highest BCUT2D eigenvalue weighted by Gasteiger charge is 2.50. The van der Waals surface area contributed by atoms with Gasteiger partial charge in [0.2, 0.25) is 0 Å². The van der Waals surface area contributed by atoms with E-state index in [0.717, 1.165) is 53.7 Å². The highest BCUT2D eigenvalue weighted by molar-refractivity contribution is 6.45. The average Bonchev–Trinajstić information content (AvgIpc) is 3.62. The van der Waals surface area contributed by atoms with Crippen molar-refractivity contribution in [2.24, 2.45) is 0 Å². The van der Waals surface area contributed by atoms with Crippen LogP contribution in [0.2, 0.25) is 6.32 Å². The first-order valence-corrected chi connectivity index (χ1v) is 16.4. The first-order valence-electron chi connectivity index (χ1n) is 16.4. The summed E-state index contributed by atoms with van der Waals surface area (Å²) in [6, 6.07) is 42.3. The Kier molecular flexibility index (Phi) is 9.50. The Morgan fingerprint density at radius 3 is 1.67 bits per heavy atom. The number of nitrogens with one attached hydrogen (secondary N) is 1. The highest BCUT2D eigenvalue weighted by atomic mass is 16.7. The maximum Gasteiger partial charge on any atom is 0.457 e. The number of hydrogen-bond acceptors (Lipinski definition) is 6. The molecule has 0 amide bonds. The number of unbranched alkanes of at least 4 members (excludes halogenated alkanes) is 1. The molecule has 1 aromatic heterocycles. The second-order valence-corrected chi connectivity index (χ2v) is 13.2. The van der Waals surface area contributed by atoms with Gasteiger partial charge in [-0.1, -0.05) is 134 Å². The summed E-state index contributed by atoms with van der Waals surface area (Å²) in [5.41, 5.74) is 3.27. The largest absolute Gasteiger partial charge is 0.457 e. The predicted octanol–water partition coefficient (Wildman–Crippen LogP) is 7.61. The number of nitrogens with zero attached hydrogens (tertiary/aromatic N) is 4. The van der Waals surface area contributed by atoms with Gasteiger partial charge in [-0.3, -0.25) is 5.32 Å². The zero-order valence-electron chi connectivity index (χ0n) is 27.3. The van der Waals surface area contributed by atoms with Crippen molar-refractivity contribution < 1.29 is 9.31 Å². The van der Waals surface area contributed by atoms with Gasteiger partial charge in [0.05, 0.1) is 29.3 Å². The Labute approximate surface area is 273 Å². The van der Waals surface area contributed by atoms with Crippen LogP contribution in [-0.4, -0.2) is 38.5 Å². The number of tetrazole rings is 1. The third-order valence-corrected chi connectivity index (χ3v) is 9.54. The lowest BCUT2D eigenvalue weighted by atomic mass is 9.76. The van der Waals surface area contributed by atoms with E-state index in [2.05, 4.69) is 164 Å². The third-order valence-electron chi connectivity index (χ3n) is 9.54. The molecule has 1 unspecified atom stereocenters. The summed E-state index contributed by atoms with van der Waals surface area (Å²) in [5.74, 6) is 0.812. The molecule has 1 aliphatic rings. The van der Waals surface area contributed by atoms with E-state index in [1.165, 1.54) is 0 Å². The average molecular weight is 614 g/mol. The van der Waals surface area contributed by atoms with Crippen LogP contribution in [0.1, 0.15) is 81.1 Å². The molecule has 0 bridgehead atoms. The number of benzene rings is 4. The molecule has 7 nitrogen and oxygen atoms in total. The summed E-state index contributed by atoms with van der Waals surface area (Å²) in [6.45, 7) is 9.02. The van der Waals surface area contributed by atoms with Crippen molar-refractivity contribution in [2.45, 2.75) is 82.6 Å². The van der Waals surface area contributed by atoms with Crippen LogP contribution in [0.4, 0.5) is 0 Å². The first kappa shape index (κ1) is 31.9. The second kappa shape index (κ2) is 13.7. The minimum Gasteiger partial charge on any atom is -0.403 e. The van der Waals surface area contributed by atoms with Crippen LogP contribution in [-0.2, 0) is 21.4 Å². The topological polar surface area (TPSA) is 74.1 Å². The lowest BCUT2D eigenvalue weighted by Gasteiger charge is -2.40. The van der Waals surface area contributed by atoms with Crippen molar-refractivity contribution in [3.05, 3.63) is 149 Å². The molecule has 6 rings (SSSR count). The van der Waals surface area contributed by atoms with Gasteiger partial charge in [-0.15, -0.1) is 5.10 Å². The Balaban J connectivity index is 1.36. The number of rotatable bonds is 13. The zero-order chi connectivity index (χ0) is 32.0. The van der Waals surface area contributed by atoms with E-state index in [-0.39, 0.29) is 24.4 Å². The smallest absolute Gasteiger partial charge is 0.403 e. The molecule has 1 N–H and O–H groups in total. The predicted molar refractivity (Wildman–Crippen MR) is 183 cm³/mol. The monoisotopic (exact) mass is 613 g/mol. The van der Waals surface area contributed by atoms with Crippen LogP contribution in [0.5, 0.6) is 0 Å². The van der Waals surface area contributed by atoms with Crippen LogP contribution in [0.3, 0.4) is 0 Å². The molecular weight excluding hydrogens is 569 g/mol. The van der Waals surface area contributed by atoms with Crippen LogP contribution in [0, 0.1) is 0 Å². The molecule has 0 radical (unpaired) electrons. The minimum absolute atomic E-state index is 0.169. The molecule has 1 atom stereocenters. The first-order chi connectivity index (χ1) is 22.3. The van der Waals surface area contributed by atoms with Crippen molar-refractivity contribution >= 4 is 7.12 Å². The SMILES string of the molecule is CC1(C)OB(CCCCC(NC(c2ccccc2)(c2ccccc2)c2ccccc2)c2nnnn2Cc2ccccc2)OC1(C)C. The van der Waals surface area contributed by atoms with Gasteiger partial charge in [0.25, 0.3) is 0 Å². The van der Waals surface area contributed by atoms with Gasteiger partial charge < -0.3 is 9.31 Å². The van der Waals surface area contributed by atoms with Crippen molar-refractivity contribution in [1.82, 2.24) is 25.5 Å². The van der Waals surface area contributed by atoms with E-state index in [9.17, 15) is 0 Å². The summed E-state index contributed by atoms with van der Waals surface area (Å²) in [5, 5.41) is 17.5. The molecule has 1 fully saturated rings. The summed E-state index contributed by atoms with van der Waals surface area (Å²) in [6.07, 6.45) is 3.54. The Hall–Kier alpha value is -4.11. The van der Waals surface area contributed by atoms with Gasteiger partial charge >= 0.3 is 7.12 Å². The molecule has 1 aliphatic heterocycles. The normalized spacial score (nSPS) is 16.4. The van der Waals surface area contributed by atoms with Crippen molar-refractivity contribution in [3.63, 3.8) is 0 Å². The van der Waals surface area contributed by atoms with E-state index < -0.39 is 5.54 Å². The lowest BCUT2D eigenvalue weighted by Crippen LogP contribution is -2.47. The van der Waals surface area contributed by atoms with E-state index in [1.807, 2.05) is 10.7 Å². The van der Waals surface area contributed by atoms with E-state index in [0.29, 0.717) is 6.54 Å². The number of aromatic nitrogens is 4. The van der Waals surface area contributed by atoms with Gasteiger partial charge in [0.15, 0.2) is 5.82 Å². The van der Waals surface area contributed by atoms with E-state index in [4.69, 9.17) is 9.31 Å². The van der Waals surface area contributed by atoms with Gasteiger partial charge in [-0.2, -0.15) is 0 Å². The van der Waals surface area contributed by atoms with Crippen molar-refractivity contribution in [3.8, 4) is 0 Å². The fourth-order valence-electron chi connectivity index (χ4n) is 6.41. The summed E-state index contributed by atoms with van der Waals surface area (Å²) >= 11 is 0. The molecule has 0 aliphatic carbocycles. The standard InChI is InChI=1S/C38H44BN5O2/c1-36(2)37(3,4)46-39(45-36)28-18-17-27-34(35-41-42-43-44(35)29-30-19-9-5-10-20-30)40-38(31-21-11-6-12-22-31,32-23-13-7-14-24-32)33-25-15-8-16-26-33/h5-16,19-26,34,40H,17-18,27-29H2,1-4H3. The van der Waals surface area contributed by atoms with Crippen LogP contribution < -0.4 is 5.32 Å². The van der Waals surface area contributed by atoms with Crippen LogP contribution in [0.25, 0.3) is 0 Å². The molecule has 1 saturated heterocycles. The molecule has 8 heteroatoms. The molecule has 4 aromatic carbocycles. The van der Waals surface area contributed by atoms with Crippen molar-refractivity contribution in [1.29, 1.82) is 0 Å². The van der Waals surface area contributed by atoms with Gasteiger partial charge in [0, 0.05) is 0 Å². The quantitative estimate of drug-likeness (QED) is 0.0838. The van der Waals surface area contributed by atoms with Crippen LogP contribution >= 0.6 is 0 Å². The van der Waals surface area contributed by atoms with Gasteiger partial charge in [-0.05, 0) is 73.1 Å².